The molecule has 1 aliphatic heterocycles. The number of hydrogen-bond acceptors (Lipinski definition) is 5. The van der Waals surface area contributed by atoms with Gasteiger partial charge in [-0.05, 0) is 42.8 Å². The van der Waals surface area contributed by atoms with Crippen molar-refractivity contribution in [1.82, 2.24) is 4.57 Å². The highest BCUT2D eigenvalue weighted by atomic mass is 35.5. The summed E-state index contributed by atoms with van der Waals surface area (Å²) in [6.45, 7) is 3.50. The van der Waals surface area contributed by atoms with Crippen molar-refractivity contribution in [3.05, 3.63) is 94.2 Å². The summed E-state index contributed by atoms with van der Waals surface area (Å²) in [5.41, 5.74) is 2.37. The average molecular weight is 583 g/mol. The molecule has 2 aromatic heterocycles. The number of aromatic nitrogens is 2. The largest absolute Gasteiger partial charge is 1.00 e. The summed E-state index contributed by atoms with van der Waals surface area (Å²) in [7, 11) is 2.00. The van der Waals surface area contributed by atoms with E-state index in [-0.39, 0.29) is 18.0 Å². The van der Waals surface area contributed by atoms with Crippen LogP contribution in [0.15, 0.2) is 63.7 Å². The summed E-state index contributed by atoms with van der Waals surface area (Å²) in [6, 6.07) is 13.8. The van der Waals surface area contributed by atoms with Crippen LogP contribution in [-0.4, -0.2) is 11.6 Å². The molecule has 1 aliphatic rings. The Morgan fingerprint density at radius 2 is 1.83 bits per heavy atom. The Hall–Kier alpha value is -1.74. The van der Waals surface area contributed by atoms with Crippen LogP contribution in [0.2, 0.25) is 10.0 Å². The maximum atomic E-state index is 13.4. The molecule has 10 heteroatoms. The van der Waals surface area contributed by atoms with E-state index in [9.17, 15) is 4.79 Å². The van der Waals surface area contributed by atoms with Gasteiger partial charge in [-0.2, -0.15) is 4.57 Å². The van der Waals surface area contributed by atoms with Crippen LogP contribution in [0.5, 0.6) is 0 Å². The average Bonchev–Trinajstić information content (AvgIpc) is 3.49. The first-order valence-corrected chi connectivity index (χ1v) is 14.1. The number of rotatable bonds is 5. The highest BCUT2D eigenvalue weighted by Gasteiger charge is 2.25. The molecule has 0 N–H and O–H groups in total. The predicted octanol–water partition coefficient (Wildman–Crippen LogP) is 1.97. The van der Waals surface area contributed by atoms with Crippen LogP contribution >= 0.6 is 57.6 Å². The summed E-state index contributed by atoms with van der Waals surface area (Å²) >= 11 is 17.0. The molecule has 5 rings (SSSR count). The van der Waals surface area contributed by atoms with Crippen LogP contribution < -0.4 is 36.6 Å². The van der Waals surface area contributed by atoms with Crippen molar-refractivity contribution in [3.8, 4) is 0 Å². The summed E-state index contributed by atoms with van der Waals surface area (Å²) in [4.78, 5) is 16.5. The molecule has 35 heavy (non-hydrogen) atoms. The third-order valence-corrected chi connectivity index (χ3v) is 9.54. The number of nitrogens with zero attached hydrogens (tertiary/aromatic N) is 3. The zero-order chi connectivity index (χ0) is 23.8. The Balaban J connectivity index is 0.00000289. The maximum Gasteiger partial charge on any atom is 0.271 e. The van der Waals surface area contributed by atoms with Gasteiger partial charge in [-0.25, -0.2) is 0 Å². The van der Waals surface area contributed by atoms with E-state index in [2.05, 4.69) is 39.3 Å². The van der Waals surface area contributed by atoms with E-state index in [1.165, 1.54) is 5.56 Å². The molecular formula is C25H22Cl3N3OS3. The Morgan fingerprint density at radius 1 is 1.09 bits per heavy atom. The van der Waals surface area contributed by atoms with E-state index in [1.54, 1.807) is 34.4 Å². The minimum Gasteiger partial charge on any atom is -1.00 e. The summed E-state index contributed by atoms with van der Waals surface area (Å²) in [6.07, 6.45) is 5.15. The van der Waals surface area contributed by atoms with Gasteiger partial charge in [0.15, 0.2) is 12.7 Å². The summed E-state index contributed by atoms with van der Waals surface area (Å²) in [5.74, 6) is 0. The lowest BCUT2D eigenvalue weighted by atomic mass is 10.1. The van der Waals surface area contributed by atoms with Crippen molar-refractivity contribution in [2.45, 2.75) is 31.3 Å². The van der Waals surface area contributed by atoms with Gasteiger partial charge in [0.05, 0.1) is 17.1 Å². The predicted molar refractivity (Wildman–Crippen MR) is 146 cm³/mol. The normalized spacial score (nSPS) is 14.9. The molecule has 0 saturated carbocycles. The lowest BCUT2D eigenvalue weighted by molar-refractivity contribution is -0.693. The third-order valence-electron chi connectivity index (χ3n) is 5.73. The van der Waals surface area contributed by atoms with Gasteiger partial charge in [0.25, 0.3) is 10.6 Å². The minimum absolute atomic E-state index is 0. The second-order valence-electron chi connectivity index (χ2n) is 7.85. The molecule has 0 radical (unpaired) electrons. The topological polar surface area (TPSA) is 29.1 Å². The van der Waals surface area contributed by atoms with E-state index in [4.69, 9.17) is 23.2 Å². The first-order chi connectivity index (χ1) is 16.4. The molecule has 0 spiro atoms. The number of thiazole rings is 2. The second kappa shape index (κ2) is 11.1. The van der Waals surface area contributed by atoms with Crippen molar-refractivity contribution in [1.29, 1.82) is 0 Å². The number of halogens is 3. The molecule has 0 aliphatic carbocycles. The van der Waals surface area contributed by atoms with E-state index in [1.807, 2.05) is 48.9 Å². The fourth-order valence-electron chi connectivity index (χ4n) is 3.92. The highest BCUT2D eigenvalue weighted by Crippen LogP contribution is 2.46. The van der Waals surface area contributed by atoms with Gasteiger partial charge in [-0.1, -0.05) is 58.4 Å². The molecule has 0 amide bonds. The van der Waals surface area contributed by atoms with Crippen molar-refractivity contribution in [2.75, 3.05) is 11.9 Å². The molecule has 3 heterocycles. The van der Waals surface area contributed by atoms with Crippen molar-refractivity contribution >= 4 is 74.4 Å². The van der Waals surface area contributed by atoms with Crippen molar-refractivity contribution < 1.29 is 17.0 Å². The molecular weight excluding hydrogens is 561 g/mol. The van der Waals surface area contributed by atoms with Crippen LogP contribution in [0.4, 0.5) is 5.69 Å². The van der Waals surface area contributed by atoms with Crippen molar-refractivity contribution in [2.24, 2.45) is 0 Å². The summed E-state index contributed by atoms with van der Waals surface area (Å²) in [5, 5.41) is 5.62. The summed E-state index contributed by atoms with van der Waals surface area (Å²) < 4.78 is 5.82. The fraction of sp³-hybridized carbons (Fsp3) is 0.200. The van der Waals surface area contributed by atoms with Crippen LogP contribution in [-0.2, 0) is 19.5 Å². The smallest absolute Gasteiger partial charge is 0.271 e. The van der Waals surface area contributed by atoms with Gasteiger partial charge in [0.1, 0.15) is 14.2 Å². The lowest BCUT2D eigenvalue weighted by Gasteiger charge is -2.12. The molecule has 4 nitrogen and oxygen atoms in total. The lowest BCUT2D eigenvalue weighted by Crippen LogP contribution is -3.00. The Bertz CT molecular complexity index is 1540. The first-order valence-electron chi connectivity index (χ1n) is 10.8. The van der Waals surface area contributed by atoms with Crippen LogP contribution in [0.25, 0.3) is 11.1 Å². The van der Waals surface area contributed by atoms with Gasteiger partial charge in [-0.15, -0.1) is 11.3 Å². The molecule has 0 bridgehead atoms. The van der Waals surface area contributed by atoms with E-state index < -0.39 is 0 Å². The molecule has 182 valence electrons. The quantitative estimate of drug-likeness (QED) is 0.337. The van der Waals surface area contributed by atoms with Gasteiger partial charge < -0.3 is 17.3 Å². The molecule has 0 fully saturated rings. The van der Waals surface area contributed by atoms with Crippen LogP contribution in [0.3, 0.4) is 0 Å². The fourth-order valence-corrected chi connectivity index (χ4v) is 7.66. The molecule has 0 atom stereocenters. The van der Waals surface area contributed by atoms with Crippen LogP contribution in [0.1, 0.15) is 17.5 Å². The van der Waals surface area contributed by atoms with Gasteiger partial charge in [-0.3, -0.25) is 9.36 Å². The number of thioether (sulfide) groups is 1. The van der Waals surface area contributed by atoms with Crippen molar-refractivity contribution in [3.63, 3.8) is 0 Å². The minimum atomic E-state index is 0. The number of aryl methyl sites for hydroxylation is 2. The SMILES string of the molecule is CCn1c(=O)/c(=C2\Sc3cc(Cl)ccc3N2C)s/c1=C\c1scc[n+]1CCc1ccc(Cl)cc1.[Cl-]. The van der Waals surface area contributed by atoms with Gasteiger partial charge in [0, 0.05) is 35.0 Å². The Labute approximate surface area is 232 Å². The van der Waals surface area contributed by atoms with Gasteiger partial charge in [0.2, 0.25) is 0 Å². The number of benzene rings is 2. The second-order valence-corrected chi connectivity index (χ2v) is 11.7. The van der Waals surface area contributed by atoms with E-state index in [0.29, 0.717) is 11.6 Å². The van der Waals surface area contributed by atoms with E-state index in [0.717, 1.165) is 47.8 Å². The number of hydrogen-bond donors (Lipinski definition) is 0. The maximum absolute atomic E-state index is 13.4. The Morgan fingerprint density at radius 3 is 2.57 bits per heavy atom. The van der Waals surface area contributed by atoms with Gasteiger partial charge >= 0.3 is 0 Å². The Kier molecular flexibility index (Phi) is 8.36. The van der Waals surface area contributed by atoms with E-state index >= 15 is 0 Å². The highest BCUT2D eigenvalue weighted by molar-refractivity contribution is 8.08. The zero-order valence-corrected chi connectivity index (χ0v) is 23.7. The third kappa shape index (κ3) is 5.36. The standard InChI is InChI=1S/C25H22Cl2N3OS3.ClH/c1-3-30-22(15-21-29(12-13-32-21)11-10-16-4-6-17(26)7-5-16)34-23(24(30)31)25-28(2)19-9-8-18(27)14-20(19)33-25;/h4-9,12-15H,3,10-11H2,1-2H3;1H/q+1;/p-1/b25-23+;. The number of anilines is 1. The first kappa shape index (κ1) is 26.3. The van der Waals surface area contributed by atoms with Crippen LogP contribution in [0, 0.1) is 0 Å². The number of fused-ring (bicyclic) bond motifs is 1. The molecule has 0 saturated heterocycles. The molecule has 2 aromatic carbocycles. The molecule has 4 aromatic rings. The molecule has 0 unspecified atom stereocenters. The monoisotopic (exact) mass is 581 g/mol. The zero-order valence-electron chi connectivity index (χ0n) is 19.0.